The van der Waals surface area contributed by atoms with Crippen molar-refractivity contribution in [2.75, 3.05) is 6.61 Å². The third-order valence-electron chi connectivity index (χ3n) is 1.72. The van der Waals surface area contributed by atoms with Gasteiger partial charge in [-0.05, 0) is 19.9 Å². The van der Waals surface area contributed by atoms with Crippen LogP contribution in [0.25, 0.3) is 0 Å². The van der Waals surface area contributed by atoms with E-state index in [0.29, 0.717) is 0 Å². The molecular formula is C10H12FNO2. The van der Waals surface area contributed by atoms with Gasteiger partial charge in [-0.25, -0.2) is 9.18 Å². The van der Waals surface area contributed by atoms with E-state index in [9.17, 15) is 9.18 Å². The molecule has 3 nitrogen and oxygen atoms in total. The zero-order valence-electron chi connectivity index (χ0n) is 8.16. The van der Waals surface area contributed by atoms with E-state index in [0.717, 1.165) is 5.69 Å². The molecule has 0 aliphatic rings. The Morgan fingerprint density at radius 1 is 1.64 bits per heavy atom. The minimum atomic E-state index is -1.73. The Morgan fingerprint density at radius 2 is 2.36 bits per heavy atom. The first-order chi connectivity index (χ1) is 6.65. The monoisotopic (exact) mass is 197 g/mol. The lowest BCUT2D eigenvalue weighted by Crippen LogP contribution is -2.12. The van der Waals surface area contributed by atoms with E-state index >= 15 is 0 Å². The molecule has 1 heterocycles. The predicted molar refractivity (Wildman–Crippen MR) is 49.5 cm³/mol. The van der Waals surface area contributed by atoms with Crippen molar-refractivity contribution in [2.45, 2.75) is 20.0 Å². The van der Waals surface area contributed by atoms with Crippen LogP contribution in [0.3, 0.4) is 0 Å². The summed E-state index contributed by atoms with van der Waals surface area (Å²) in [6, 6.07) is 3.19. The van der Waals surface area contributed by atoms with Crippen molar-refractivity contribution in [3.63, 3.8) is 0 Å². The van der Waals surface area contributed by atoms with Gasteiger partial charge in [0.15, 0.2) is 0 Å². The number of esters is 1. The Hall–Kier alpha value is -1.45. The average Bonchev–Trinajstić information content (AvgIpc) is 2.18. The second-order valence-corrected chi connectivity index (χ2v) is 2.85. The maximum absolute atomic E-state index is 13.3. The topological polar surface area (TPSA) is 39.2 Å². The van der Waals surface area contributed by atoms with Crippen LogP contribution in [-0.4, -0.2) is 17.6 Å². The number of nitrogens with zero attached hydrogens (tertiary/aromatic N) is 1. The molecule has 0 fully saturated rings. The molecule has 0 amide bonds. The lowest BCUT2D eigenvalue weighted by Gasteiger charge is -2.06. The van der Waals surface area contributed by atoms with E-state index < -0.39 is 12.1 Å². The lowest BCUT2D eigenvalue weighted by atomic mass is 10.2. The van der Waals surface area contributed by atoms with Crippen LogP contribution in [0.5, 0.6) is 0 Å². The minimum Gasteiger partial charge on any atom is -0.464 e. The molecule has 76 valence electrons. The second kappa shape index (κ2) is 4.69. The molecule has 0 N–H and O–H groups in total. The Labute approximate surface area is 81.9 Å². The number of aryl methyl sites for hydroxylation is 1. The molecule has 4 heteroatoms. The third kappa shape index (κ3) is 2.52. The molecule has 1 rings (SSSR count). The fraction of sp³-hybridized carbons (Fsp3) is 0.400. The number of alkyl halides is 1. The Balaban J connectivity index is 2.73. The van der Waals surface area contributed by atoms with Crippen LogP contribution in [0.15, 0.2) is 18.3 Å². The summed E-state index contributed by atoms with van der Waals surface area (Å²) in [6.45, 7) is 3.61. The van der Waals surface area contributed by atoms with Crippen molar-refractivity contribution in [2.24, 2.45) is 0 Å². The number of ether oxygens (including phenoxy) is 1. The Morgan fingerprint density at radius 3 is 2.86 bits per heavy atom. The summed E-state index contributed by atoms with van der Waals surface area (Å²) in [5, 5.41) is 0. The molecule has 0 saturated carbocycles. The molecule has 0 aliphatic heterocycles. The molecule has 1 atom stereocenters. The lowest BCUT2D eigenvalue weighted by molar-refractivity contribution is -0.149. The first kappa shape index (κ1) is 10.6. The van der Waals surface area contributed by atoms with E-state index in [1.165, 1.54) is 12.3 Å². The van der Waals surface area contributed by atoms with Crippen LogP contribution in [0.2, 0.25) is 0 Å². The fourth-order valence-electron chi connectivity index (χ4n) is 0.981. The van der Waals surface area contributed by atoms with Crippen LogP contribution in [0.4, 0.5) is 4.39 Å². The van der Waals surface area contributed by atoms with E-state index in [1.807, 2.05) is 0 Å². The van der Waals surface area contributed by atoms with E-state index in [4.69, 9.17) is 0 Å². The molecule has 1 aromatic heterocycles. The van der Waals surface area contributed by atoms with Crippen LogP contribution in [-0.2, 0) is 9.53 Å². The summed E-state index contributed by atoms with van der Waals surface area (Å²) in [7, 11) is 0. The van der Waals surface area contributed by atoms with E-state index in [-0.39, 0.29) is 12.2 Å². The molecule has 0 saturated heterocycles. The summed E-state index contributed by atoms with van der Waals surface area (Å²) in [5.74, 6) is -0.863. The van der Waals surface area contributed by atoms with Gasteiger partial charge in [0.25, 0.3) is 0 Å². The van der Waals surface area contributed by atoms with Gasteiger partial charge >= 0.3 is 5.97 Å². The summed E-state index contributed by atoms with van der Waals surface area (Å²) < 4.78 is 17.9. The van der Waals surface area contributed by atoms with E-state index in [1.54, 1.807) is 19.9 Å². The van der Waals surface area contributed by atoms with E-state index in [2.05, 4.69) is 9.72 Å². The fourth-order valence-corrected chi connectivity index (χ4v) is 0.981. The van der Waals surface area contributed by atoms with Crippen molar-refractivity contribution in [3.8, 4) is 0 Å². The molecule has 0 aliphatic carbocycles. The number of halogens is 1. The molecular weight excluding hydrogens is 185 g/mol. The van der Waals surface area contributed by atoms with Gasteiger partial charge in [-0.15, -0.1) is 0 Å². The van der Waals surface area contributed by atoms with Crippen LogP contribution >= 0.6 is 0 Å². The third-order valence-corrected chi connectivity index (χ3v) is 1.72. The predicted octanol–water partition coefficient (Wildman–Crippen LogP) is 1.96. The van der Waals surface area contributed by atoms with Gasteiger partial charge in [-0.3, -0.25) is 4.98 Å². The Kier molecular flexibility index (Phi) is 3.56. The van der Waals surface area contributed by atoms with Crippen LogP contribution in [0, 0.1) is 6.92 Å². The molecule has 0 bridgehead atoms. The van der Waals surface area contributed by atoms with Crippen molar-refractivity contribution in [1.29, 1.82) is 0 Å². The average molecular weight is 197 g/mol. The van der Waals surface area contributed by atoms with Crippen LogP contribution < -0.4 is 0 Å². The number of carbonyl (C=O) groups is 1. The standard InChI is InChI=1S/C10H12FNO2/c1-3-14-10(13)9(11)8-5-4-7(2)12-6-8/h4-6,9H,3H2,1-2H3. The van der Waals surface area contributed by atoms with Gasteiger partial charge in [0.05, 0.1) is 6.61 Å². The van der Waals surface area contributed by atoms with Gasteiger partial charge in [-0.1, -0.05) is 6.07 Å². The number of pyridine rings is 1. The quantitative estimate of drug-likeness (QED) is 0.695. The van der Waals surface area contributed by atoms with Gasteiger partial charge in [0.2, 0.25) is 6.17 Å². The maximum Gasteiger partial charge on any atom is 0.345 e. The van der Waals surface area contributed by atoms with Crippen molar-refractivity contribution >= 4 is 5.97 Å². The number of hydrogen-bond donors (Lipinski definition) is 0. The smallest absolute Gasteiger partial charge is 0.345 e. The largest absolute Gasteiger partial charge is 0.464 e. The highest BCUT2D eigenvalue weighted by Crippen LogP contribution is 2.17. The normalized spacial score (nSPS) is 12.2. The highest BCUT2D eigenvalue weighted by Gasteiger charge is 2.20. The van der Waals surface area contributed by atoms with Crippen molar-refractivity contribution < 1.29 is 13.9 Å². The number of carbonyl (C=O) groups excluding carboxylic acids is 1. The maximum atomic E-state index is 13.3. The first-order valence-corrected chi connectivity index (χ1v) is 4.38. The van der Waals surface area contributed by atoms with Gasteiger partial charge in [0, 0.05) is 17.5 Å². The molecule has 1 unspecified atom stereocenters. The van der Waals surface area contributed by atoms with Gasteiger partial charge in [0.1, 0.15) is 0 Å². The number of rotatable bonds is 3. The SMILES string of the molecule is CCOC(=O)C(F)c1ccc(C)nc1. The highest BCUT2D eigenvalue weighted by atomic mass is 19.1. The molecule has 0 radical (unpaired) electrons. The molecule has 14 heavy (non-hydrogen) atoms. The summed E-state index contributed by atoms with van der Waals surface area (Å²) in [5.41, 5.74) is 1.01. The zero-order valence-corrected chi connectivity index (χ0v) is 8.16. The summed E-state index contributed by atoms with van der Waals surface area (Å²) in [4.78, 5) is 14.9. The Bertz CT molecular complexity index is 310. The highest BCUT2D eigenvalue weighted by molar-refractivity contribution is 5.76. The first-order valence-electron chi connectivity index (χ1n) is 4.38. The zero-order chi connectivity index (χ0) is 10.6. The van der Waals surface area contributed by atoms with Crippen LogP contribution in [0.1, 0.15) is 24.4 Å². The second-order valence-electron chi connectivity index (χ2n) is 2.85. The van der Waals surface area contributed by atoms with Crippen molar-refractivity contribution in [1.82, 2.24) is 4.98 Å². The van der Waals surface area contributed by atoms with Crippen molar-refractivity contribution in [3.05, 3.63) is 29.6 Å². The summed E-state index contributed by atoms with van der Waals surface area (Å²) >= 11 is 0. The molecule has 0 aromatic carbocycles. The van der Waals surface area contributed by atoms with Gasteiger partial charge in [-0.2, -0.15) is 0 Å². The minimum absolute atomic E-state index is 0.179. The van der Waals surface area contributed by atoms with Gasteiger partial charge < -0.3 is 4.74 Å². The molecule has 0 spiro atoms. The summed E-state index contributed by atoms with van der Waals surface area (Å²) in [6.07, 6.45) is -0.389. The molecule has 1 aromatic rings. The number of aromatic nitrogens is 1. The number of hydrogen-bond acceptors (Lipinski definition) is 3.